The second kappa shape index (κ2) is 5.87. The van der Waals surface area contributed by atoms with Crippen LogP contribution < -0.4 is 5.48 Å². The van der Waals surface area contributed by atoms with E-state index < -0.39 is 11.7 Å². The third-order valence-electron chi connectivity index (χ3n) is 5.79. The molecule has 142 valence electrons. The van der Waals surface area contributed by atoms with Crippen LogP contribution in [-0.4, -0.2) is 45.9 Å². The van der Waals surface area contributed by atoms with Crippen molar-refractivity contribution < 1.29 is 18.0 Å². The lowest BCUT2D eigenvalue weighted by Gasteiger charge is -2.49. The molecular weight excluding hydrogens is 359 g/mol. The number of benzene rings is 1. The van der Waals surface area contributed by atoms with Gasteiger partial charge in [-0.3, -0.25) is 10.3 Å². The zero-order chi connectivity index (χ0) is 18.6. The molecule has 4 aliphatic heterocycles. The van der Waals surface area contributed by atoms with Crippen LogP contribution in [0.4, 0.5) is 19.1 Å². The summed E-state index contributed by atoms with van der Waals surface area (Å²) in [5, 5.41) is 0.538. The van der Waals surface area contributed by atoms with E-state index in [1.54, 1.807) is 0 Å². The number of hydrogen-bond acceptors (Lipinski definition) is 5. The lowest BCUT2D eigenvalue weighted by Crippen LogP contribution is -2.59. The quantitative estimate of drug-likeness (QED) is 0.828. The first-order chi connectivity index (χ1) is 12.9. The lowest BCUT2D eigenvalue weighted by atomic mass is 9.74. The van der Waals surface area contributed by atoms with E-state index >= 15 is 0 Å². The van der Waals surface area contributed by atoms with Crippen molar-refractivity contribution in [2.75, 3.05) is 19.6 Å². The number of piperidine rings is 3. The van der Waals surface area contributed by atoms with Crippen molar-refractivity contribution in [1.82, 2.24) is 20.3 Å². The van der Waals surface area contributed by atoms with E-state index in [1.807, 2.05) is 0 Å². The van der Waals surface area contributed by atoms with Gasteiger partial charge in [0.25, 0.3) is 5.95 Å². The molecule has 5 heterocycles. The van der Waals surface area contributed by atoms with Gasteiger partial charge in [-0.1, -0.05) is 6.07 Å². The number of aliphatic imine (C=N–C) groups is 1. The summed E-state index contributed by atoms with van der Waals surface area (Å²) in [6, 6.07) is 3.42. The summed E-state index contributed by atoms with van der Waals surface area (Å²) in [5.74, 6) is 1.25. The predicted octanol–water partition coefficient (Wildman–Crippen LogP) is 3.07. The highest BCUT2D eigenvalue weighted by molar-refractivity contribution is 5.86. The molecule has 1 aromatic carbocycles. The topological polar surface area (TPSA) is 62.6 Å². The maximum absolute atomic E-state index is 12.9. The third-order valence-corrected chi connectivity index (χ3v) is 5.79. The highest BCUT2D eigenvalue weighted by Crippen LogP contribution is 2.42. The van der Waals surface area contributed by atoms with Crippen molar-refractivity contribution in [1.29, 1.82) is 0 Å². The predicted molar refractivity (Wildman–Crippen MR) is 92.4 cm³/mol. The Morgan fingerprint density at radius 2 is 2.07 bits per heavy atom. The molecule has 27 heavy (non-hydrogen) atoms. The van der Waals surface area contributed by atoms with Crippen molar-refractivity contribution in [3.63, 3.8) is 0 Å². The summed E-state index contributed by atoms with van der Waals surface area (Å²) < 4.78 is 38.8. The molecule has 4 saturated heterocycles. The highest BCUT2D eigenvalue weighted by Gasteiger charge is 2.52. The summed E-state index contributed by atoms with van der Waals surface area (Å²) in [6.07, 6.45) is -0.0583. The van der Waals surface area contributed by atoms with Crippen LogP contribution in [0.25, 0.3) is 10.9 Å². The second-order valence-corrected chi connectivity index (χ2v) is 7.50. The van der Waals surface area contributed by atoms with Crippen LogP contribution in [0.15, 0.2) is 29.4 Å². The van der Waals surface area contributed by atoms with Crippen molar-refractivity contribution in [2.45, 2.75) is 31.0 Å². The minimum atomic E-state index is -4.41. The van der Waals surface area contributed by atoms with E-state index in [2.05, 4.69) is 25.3 Å². The number of aromatic nitrogens is 2. The molecule has 1 N–H and O–H groups in total. The molecule has 0 aliphatic carbocycles. The minimum Gasteiger partial charge on any atom is -0.300 e. The number of amidine groups is 1. The second-order valence-electron chi connectivity index (χ2n) is 7.50. The third kappa shape index (κ3) is 2.94. The molecule has 1 atom stereocenters. The van der Waals surface area contributed by atoms with Crippen molar-refractivity contribution in [3.8, 4) is 0 Å². The molecule has 6 rings (SSSR count). The molecule has 0 radical (unpaired) electrons. The molecule has 9 heteroatoms. The fourth-order valence-corrected chi connectivity index (χ4v) is 4.38. The van der Waals surface area contributed by atoms with E-state index in [1.165, 1.54) is 12.3 Å². The average molecular weight is 377 g/mol. The summed E-state index contributed by atoms with van der Waals surface area (Å²) >= 11 is 0. The number of nitrogens with zero attached hydrogens (tertiary/aromatic N) is 4. The zero-order valence-corrected chi connectivity index (χ0v) is 14.5. The molecule has 4 aliphatic rings. The summed E-state index contributed by atoms with van der Waals surface area (Å²) in [7, 11) is 0. The first kappa shape index (κ1) is 16.9. The van der Waals surface area contributed by atoms with Crippen LogP contribution in [0.2, 0.25) is 0 Å². The number of halogens is 3. The molecule has 1 aromatic heterocycles. The molecule has 1 spiro atoms. The molecule has 2 bridgehead atoms. The number of alkyl halides is 3. The van der Waals surface area contributed by atoms with Crippen LogP contribution in [0, 0.1) is 5.92 Å². The number of hydrogen-bond donors (Lipinski definition) is 1. The van der Waals surface area contributed by atoms with Gasteiger partial charge in [-0.25, -0.2) is 9.97 Å². The fraction of sp³-hybridized carbons (Fsp3) is 0.500. The smallest absolute Gasteiger partial charge is 0.300 e. The van der Waals surface area contributed by atoms with Crippen LogP contribution >= 0.6 is 0 Å². The van der Waals surface area contributed by atoms with Gasteiger partial charge in [-0.05, 0) is 44.0 Å². The lowest BCUT2D eigenvalue weighted by molar-refractivity contribution is -0.150. The molecule has 6 nitrogen and oxygen atoms in total. The Balaban J connectivity index is 1.42. The molecular formula is C18H18F3N5O. The SMILES string of the molecule is FC(F)(F)c1ccc2cnc(/N=C3/CC4(CN5CCC4CC5)ON3)nc2c1. The van der Waals surface area contributed by atoms with Crippen LogP contribution in [0.1, 0.15) is 24.8 Å². The van der Waals surface area contributed by atoms with E-state index in [-0.39, 0.29) is 17.1 Å². The van der Waals surface area contributed by atoms with Gasteiger partial charge in [0.1, 0.15) is 11.4 Å². The van der Waals surface area contributed by atoms with Gasteiger partial charge >= 0.3 is 6.18 Å². The minimum absolute atomic E-state index is 0.131. The Morgan fingerprint density at radius 3 is 2.78 bits per heavy atom. The van der Waals surface area contributed by atoms with Crippen molar-refractivity contribution in [2.24, 2.45) is 10.9 Å². The van der Waals surface area contributed by atoms with E-state index in [0.717, 1.165) is 44.6 Å². The van der Waals surface area contributed by atoms with Gasteiger partial charge in [-0.2, -0.15) is 18.2 Å². The molecule has 0 saturated carbocycles. The van der Waals surface area contributed by atoms with E-state index in [9.17, 15) is 13.2 Å². The largest absolute Gasteiger partial charge is 0.416 e. The first-order valence-corrected chi connectivity index (χ1v) is 8.99. The standard InChI is InChI=1S/C18H18F3N5O/c19-18(20,21)13-2-1-11-9-22-16(23-14(11)7-13)24-15-8-17(27-25-15)10-26-5-3-12(17)4-6-26/h1-2,7,9,12H,3-6,8,10H2,(H,22,23,24,25). The van der Waals surface area contributed by atoms with Gasteiger partial charge in [-0.15, -0.1) is 0 Å². The fourth-order valence-electron chi connectivity index (χ4n) is 4.38. The van der Waals surface area contributed by atoms with Crippen molar-refractivity contribution in [3.05, 3.63) is 30.0 Å². The van der Waals surface area contributed by atoms with Gasteiger partial charge < -0.3 is 4.90 Å². The van der Waals surface area contributed by atoms with E-state index in [4.69, 9.17) is 4.84 Å². The van der Waals surface area contributed by atoms with Crippen molar-refractivity contribution >= 4 is 22.7 Å². The Kier molecular flexibility index (Phi) is 3.67. The van der Waals surface area contributed by atoms with E-state index in [0.29, 0.717) is 23.6 Å². The zero-order valence-electron chi connectivity index (χ0n) is 14.5. The van der Waals surface area contributed by atoms with Gasteiger partial charge in [0.05, 0.1) is 11.1 Å². The van der Waals surface area contributed by atoms with Crippen LogP contribution in [0.5, 0.6) is 0 Å². The summed E-state index contributed by atoms with van der Waals surface area (Å²) in [4.78, 5) is 21.1. The number of rotatable bonds is 1. The first-order valence-electron chi connectivity index (χ1n) is 8.99. The number of fused-ring (bicyclic) bond motifs is 3. The Morgan fingerprint density at radius 1 is 1.26 bits per heavy atom. The van der Waals surface area contributed by atoms with Crippen LogP contribution in [0.3, 0.4) is 0 Å². The molecule has 0 amide bonds. The summed E-state index contributed by atoms with van der Waals surface area (Å²) in [5.41, 5.74) is 2.11. The Bertz CT molecular complexity index is 923. The van der Waals surface area contributed by atoms with Gasteiger partial charge in [0, 0.05) is 24.5 Å². The highest BCUT2D eigenvalue weighted by atomic mass is 19.4. The number of nitrogens with one attached hydrogen (secondary N) is 1. The normalized spacial score (nSPS) is 31.7. The molecule has 4 fully saturated rings. The Hall–Kier alpha value is -2.26. The maximum atomic E-state index is 12.9. The summed E-state index contributed by atoms with van der Waals surface area (Å²) in [6.45, 7) is 3.09. The Labute approximate surface area is 153 Å². The van der Waals surface area contributed by atoms with Gasteiger partial charge in [0.2, 0.25) is 0 Å². The molecule has 1 unspecified atom stereocenters. The average Bonchev–Trinajstić information content (AvgIpc) is 3.03. The van der Waals surface area contributed by atoms with Crippen LogP contribution in [-0.2, 0) is 11.0 Å². The molecule has 2 aromatic rings. The maximum Gasteiger partial charge on any atom is 0.416 e. The van der Waals surface area contributed by atoms with Gasteiger partial charge in [0.15, 0.2) is 0 Å². The number of hydroxylamine groups is 1. The monoisotopic (exact) mass is 377 g/mol.